The van der Waals surface area contributed by atoms with E-state index in [2.05, 4.69) is 20.3 Å². The highest BCUT2D eigenvalue weighted by molar-refractivity contribution is 5.77. The number of H-pyrrole nitrogens is 1. The Balaban J connectivity index is 2.16. The standard InChI is InChI=1S/C11H10N4O/c1-12-9-3-2-8-11(14-9)15-10(13-8)7-4-5-16-6-7/h2-6H,1H3,(H2,12,13,14,15). The molecule has 0 aliphatic heterocycles. The first-order valence-electron chi connectivity index (χ1n) is 4.94. The van der Waals surface area contributed by atoms with Gasteiger partial charge in [0, 0.05) is 7.05 Å². The first-order chi connectivity index (χ1) is 7.86. The summed E-state index contributed by atoms with van der Waals surface area (Å²) >= 11 is 0. The van der Waals surface area contributed by atoms with Crippen LogP contribution in [0.3, 0.4) is 0 Å². The van der Waals surface area contributed by atoms with Crippen molar-refractivity contribution in [3.8, 4) is 11.4 Å². The molecule has 0 aliphatic rings. The van der Waals surface area contributed by atoms with Crippen molar-refractivity contribution >= 4 is 17.0 Å². The van der Waals surface area contributed by atoms with Crippen molar-refractivity contribution in [2.24, 2.45) is 0 Å². The van der Waals surface area contributed by atoms with Crippen molar-refractivity contribution in [3.05, 3.63) is 30.7 Å². The number of fused-ring (bicyclic) bond motifs is 1. The van der Waals surface area contributed by atoms with Crippen LogP contribution >= 0.6 is 0 Å². The zero-order valence-corrected chi connectivity index (χ0v) is 8.69. The average molecular weight is 214 g/mol. The molecule has 3 heterocycles. The molecule has 0 fully saturated rings. The van der Waals surface area contributed by atoms with E-state index in [1.165, 1.54) is 0 Å². The summed E-state index contributed by atoms with van der Waals surface area (Å²) in [6.07, 6.45) is 3.27. The van der Waals surface area contributed by atoms with Gasteiger partial charge >= 0.3 is 0 Å². The molecule has 0 atom stereocenters. The lowest BCUT2D eigenvalue weighted by Crippen LogP contribution is -1.91. The maximum Gasteiger partial charge on any atom is 0.180 e. The number of pyridine rings is 1. The van der Waals surface area contributed by atoms with Gasteiger partial charge in [0.1, 0.15) is 17.9 Å². The van der Waals surface area contributed by atoms with Crippen LogP contribution in [0.15, 0.2) is 35.1 Å². The van der Waals surface area contributed by atoms with Crippen LogP contribution in [0, 0.1) is 0 Å². The van der Waals surface area contributed by atoms with Gasteiger partial charge in [0.15, 0.2) is 5.65 Å². The Morgan fingerprint density at radius 1 is 1.25 bits per heavy atom. The van der Waals surface area contributed by atoms with Gasteiger partial charge in [-0.3, -0.25) is 0 Å². The molecule has 0 aromatic carbocycles. The predicted octanol–water partition coefficient (Wildman–Crippen LogP) is 2.26. The molecule has 5 nitrogen and oxygen atoms in total. The van der Waals surface area contributed by atoms with Gasteiger partial charge in [0.25, 0.3) is 0 Å². The van der Waals surface area contributed by atoms with Crippen LogP contribution in [0.2, 0.25) is 0 Å². The molecule has 0 radical (unpaired) electrons. The topological polar surface area (TPSA) is 66.7 Å². The second-order valence-corrected chi connectivity index (χ2v) is 3.42. The summed E-state index contributed by atoms with van der Waals surface area (Å²) in [5.41, 5.74) is 2.53. The quantitative estimate of drug-likeness (QED) is 0.686. The van der Waals surface area contributed by atoms with Crippen molar-refractivity contribution < 1.29 is 4.42 Å². The zero-order valence-electron chi connectivity index (χ0n) is 8.69. The van der Waals surface area contributed by atoms with Gasteiger partial charge in [-0.2, -0.15) is 0 Å². The molecule has 5 heteroatoms. The highest BCUT2D eigenvalue weighted by Gasteiger charge is 2.07. The molecular weight excluding hydrogens is 204 g/mol. The van der Waals surface area contributed by atoms with E-state index in [1.54, 1.807) is 12.5 Å². The van der Waals surface area contributed by atoms with E-state index >= 15 is 0 Å². The highest BCUT2D eigenvalue weighted by Crippen LogP contribution is 2.20. The minimum atomic E-state index is 0.697. The fraction of sp³-hybridized carbons (Fsp3) is 0.0909. The summed E-state index contributed by atoms with van der Waals surface area (Å²) in [5.74, 6) is 1.57. The number of furan rings is 1. The van der Waals surface area contributed by atoms with Gasteiger partial charge in [-0.05, 0) is 18.2 Å². The Morgan fingerprint density at radius 2 is 2.19 bits per heavy atom. The molecule has 16 heavy (non-hydrogen) atoms. The molecule has 3 aromatic heterocycles. The molecule has 2 N–H and O–H groups in total. The number of aromatic nitrogens is 3. The summed E-state index contributed by atoms with van der Waals surface area (Å²) < 4.78 is 5.02. The summed E-state index contributed by atoms with van der Waals surface area (Å²) in [5, 5.41) is 2.98. The van der Waals surface area contributed by atoms with Gasteiger partial charge in [-0.25, -0.2) is 9.97 Å². The summed E-state index contributed by atoms with van der Waals surface area (Å²) in [4.78, 5) is 11.9. The number of anilines is 1. The second kappa shape index (κ2) is 3.37. The molecule has 0 amide bonds. The lowest BCUT2D eigenvalue weighted by Gasteiger charge is -1.95. The molecule has 3 aromatic rings. The monoisotopic (exact) mass is 214 g/mol. The van der Waals surface area contributed by atoms with Crippen LogP contribution in [0.5, 0.6) is 0 Å². The Hall–Kier alpha value is -2.30. The van der Waals surface area contributed by atoms with Gasteiger partial charge < -0.3 is 14.7 Å². The summed E-state index contributed by atoms with van der Waals surface area (Å²) in [6.45, 7) is 0. The van der Waals surface area contributed by atoms with Crippen molar-refractivity contribution in [1.82, 2.24) is 15.0 Å². The van der Waals surface area contributed by atoms with E-state index in [0.717, 1.165) is 22.7 Å². The molecular formula is C11H10N4O. The van der Waals surface area contributed by atoms with Crippen LogP contribution in [-0.2, 0) is 0 Å². The third kappa shape index (κ3) is 1.33. The number of rotatable bonds is 2. The van der Waals surface area contributed by atoms with Gasteiger partial charge in [-0.15, -0.1) is 0 Å². The second-order valence-electron chi connectivity index (χ2n) is 3.42. The van der Waals surface area contributed by atoms with Gasteiger partial charge in [-0.1, -0.05) is 0 Å². The molecule has 0 aliphatic carbocycles. The Bertz CT molecular complexity index is 612. The van der Waals surface area contributed by atoms with E-state index in [0.29, 0.717) is 5.65 Å². The van der Waals surface area contributed by atoms with Crippen molar-refractivity contribution in [2.75, 3.05) is 12.4 Å². The zero-order chi connectivity index (χ0) is 11.0. The minimum Gasteiger partial charge on any atom is -0.472 e. The van der Waals surface area contributed by atoms with Crippen molar-refractivity contribution in [2.45, 2.75) is 0 Å². The minimum absolute atomic E-state index is 0.697. The Kier molecular flexibility index (Phi) is 1.89. The van der Waals surface area contributed by atoms with Gasteiger partial charge in [0.2, 0.25) is 0 Å². The lowest BCUT2D eigenvalue weighted by molar-refractivity contribution is 0.568. The number of hydrogen-bond donors (Lipinski definition) is 2. The highest BCUT2D eigenvalue weighted by atomic mass is 16.3. The van der Waals surface area contributed by atoms with Crippen LogP contribution in [-0.4, -0.2) is 22.0 Å². The van der Waals surface area contributed by atoms with Gasteiger partial charge in [0.05, 0.1) is 17.3 Å². The number of nitrogens with zero attached hydrogens (tertiary/aromatic N) is 2. The molecule has 0 bridgehead atoms. The number of aromatic amines is 1. The first-order valence-corrected chi connectivity index (χ1v) is 4.94. The average Bonchev–Trinajstić information content (AvgIpc) is 2.96. The SMILES string of the molecule is CNc1ccc2[nH]c(-c3ccoc3)nc2n1. The normalized spacial score (nSPS) is 10.8. The number of hydrogen-bond acceptors (Lipinski definition) is 4. The van der Waals surface area contributed by atoms with E-state index in [4.69, 9.17) is 4.42 Å². The summed E-state index contributed by atoms with van der Waals surface area (Å²) in [6, 6.07) is 5.71. The fourth-order valence-electron chi connectivity index (χ4n) is 1.57. The summed E-state index contributed by atoms with van der Waals surface area (Å²) in [7, 11) is 1.83. The number of imidazole rings is 1. The fourth-order valence-corrected chi connectivity index (χ4v) is 1.57. The maximum atomic E-state index is 5.02. The maximum absolute atomic E-state index is 5.02. The molecule has 0 unspecified atom stereocenters. The molecule has 0 saturated carbocycles. The Morgan fingerprint density at radius 3 is 2.94 bits per heavy atom. The third-order valence-electron chi connectivity index (χ3n) is 2.40. The largest absolute Gasteiger partial charge is 0.472 e. The van der Waals surface area contributed by atoms with Crippen molar-refractivity contribution in [3.63, 3.8) is 0 Å². The lowest BCUT2D eigenvalue weighted by atomic mass is 10.3. The van der Waals surface area contributed by atoms with Crippen LogP contribution in [0.25, 0.3) is 22.6 Å². The van der Waals surface area contributed by atoms with Crippen LogP contribution in [0.1, 0.15) is 0 Å². The molecule has 80 valence electrons. The smallest absolute Gasteiger partial charge is 0.180 e. The van der Waals surface area contributed by atoms with E-state index in [1.807, 2.05) is 25.2 Å². The Labute approximate surface area is 91.5 Å². The number of nitrogens with one attached hydrogen (secondary N) is 2. The predicted molar refractivity (Wildman–Crippen MR) is 61.1 cm³/mol. The van der Waals surface area contributed by atoms with Crippen molar-refractivity contribution in [1.29, 1.82) is 0 Å². The molecule has 3 rings (SSSR count). The third-order valence-corrected chi connectivity index (χ3v) is 2.40. The van der Waals surface area contributed by atoms with E-state index in [9.17, 15) is 0 Å². The van der Waals surface area contributed by atoms with E-state index in [-0.39, 0.29) is 0 Å². The molecule has 0 saturated heterocycles. The van der Waals surface area contributed by atoms with Crippen LogP contribution < -0.4 is 5.32 Å². The van der Waals surface area contributed by atoms with E-state index < -0.39 is 0 Å². The van der Waals surface area contributed by atoms with Crippen LogP contribution in [0.4, 0.5) is 5.82 Å². The molecule has 0 spiro atoms. The first kappa shape index (κ1) is 8.96.